The first kappa shape index (κ1) is 17.4. The number of anilines is 2. The molecule has 0 aliphatic carbocycles. The van der Waals surface area contributed by atoms with Crippen molar-refractivity contribution < 1.29 is 9.84 Å². The van der Waals surface area contributed by atoms with Crippen LogP contribution in [0.15, 0.2) is 0 Å². The van der Waals surface area contributed by atoms with Crippen LogP contribution in [0.2, 0.25) is 0 Å². The molecule has 0 bridgehead atoms. The Hall–Kier alpha value is -1.63. The first-order valence-electron chi connectivity index (χ1n) is 7.70. The lowest BCUT2D eigenvalue weighted by Gasteiger charge is -2.15. The van der Waals surface area contributed by atoms with E-state index >= 15 is 0 Å². The van der Waals surface area contributed by atoms with E-state index in [9.17, 15) is 0 Å². The molecule has 0 aliphatic heterocycles. The molecule has 3 N–H and O–H groups in total. The van der Waals surface area contributed by atoms with E-state index in [2.05, 4.69) is 39.4 Å². The molecule has 0 aromatic carbocycles. The summed E-state index contributed by atoms with van der Waals surface area (Å²) in [6.07, 6.45) is 2.76. The zero-order valence-corrected chi connectivity index (χ0v) is 13.2. The van der Waals surface area contributed by atoms with Crippen LogP contribution in [0.3, 0.4) is 0 Å². The Labute approximate surface area is 126 Å². The maximum absolute atomic E-state index is 9.02. The Balaban J connectivity index is 2.71. The summed E-state index contributed by atoms with van der Waals surface area (Å²) in [6.45, 7) is 8.32. The van der Waals surface area contributed by atoms with Crippen LogP contribution < -0.4 is 15.4 Å². The smallest absolute Gasteiger partial charge is 0.323 e. The number of aliphatic hydroxyl groups is 1. The third-order valence-corrected chi connectivity index (χ3v) is 3.08. The molecule has 1 atom stereocenters. The minimum Gasteiger partial charge on any atom is -0.464 e. The SMILES string of the molecule is CCCNc1nc(NCC(CC)CCO)nc(OCC)n1. The molecule has 0 spiro atoms. The number of nitrogens with zero attached hydrogens (tertiary/aromatic N) is 3. The van der Waals surface area contributed by atoms with Crippen molar-refractivity contribution in [3.05, 3.63) is 0 Å². The molecule has 1 aromatic heterocycles. The van der Waals surface area contributed by atoms with Crippen LogP contribution >= 0.6 is 0 Å². The quantitative estimate of drug-likeness (QED) is 0.574. The molecule has 1 rings (SSSR count). The molecule has 7 heteroatoms. The van der Waals surface area contributed by atoms with Gasteiger partial charge >= 0.3 is 6.01 Å². The van der Waals surface area contributed by atoms with E-state index in [1.165, 1.54) is 0 Å². The summed E-state index contributed by atoms with van der Waals surface area (Å²) in [5, 5.41) is 15.4. The fourth-order valence-electron chi connectivity index (χ4n) is 1.81. The highest BCUT2D eigenvalue weighted by molar-refractivity contribution is 5.35. The van der Waals surface area contributed by atoms with Gasteiger partial charge in [0.25, 0.3) is 0 Å². The van der Waals surface area contributed by atoms with E-state index in [-0.39, 0.29) is 6.61 Å². The average Bonchev–Trinajstić information content (AvgIpc) is 2.49. The van der Waals surface area contributed by atoms with Crippen molar-refractivity contribution in [3.8, 4) is 6.01 Å². The van der Waals surface area contributed by atoms with Crippen LogP contribution in [0.1, 0.15) is 40.0 Å². The first-order valence-corrected chi connectivity index (χ1v) is 7.70. The third kappa shape index (κ3) is 6.57. The van der Waals surface area contributed by atoms with Gasteiger partial charge in [0.05, 0.1) is 6.61 Å². The van der Waals surface area contributed by atoms with Gasteiger partial charge in [0.15, 0.2) is 0 Å². The molecular formula is C14H27N5O2. The second kappa shape index (κ2) is 10.1. The normalized spacial score (nSPS) is 12.0. The Bertz CT molecular complexity index is 403. The second-order valence-electron chi connectivity index (χ2n) is 4.79. The van der Waals surface area contributed by atoms with Crippen molar-refractivity contribution in [1.82, 2.24) is 15.0 Å². The summed E-state index contributed by atoms with van der Waals surface area (Å²) < 4.78 is 5.37. The van der Waals surface area contributed by atoms with Crippen LogP contribution in [0, 0.1) is 5.92 Å². The zero-order chi connectivity index (χ0) is 15.5. The van der Waals surface area contributed by atoms with Crippen LogP contribution in [0.4, 0.5) is 11.9 Å². The van der Waals surface area contributed by atoms with Crippen molar-refractivity contribution in [2.45, 2.75) is 40.0 Å². The van der Waals surface area contributed by atoms with Gasteiger partial charge in [-0.25, -0.2) is 0 Å². The fraction of sp³-hybridized carbons (Fsp3) is 0.786. The van der Waals surface area contributed by atoms with Gasteiger partial charge in [0.2, 0.25) is 11.9 Å². The summed E-state index contributed by atoms with van der Waals surface area (Å²) in [5.74, 6) is 1.42. The van der Waals surface area contributed by atoms with E-state index in [0.717, 1.165) is 32.4 Å². The van der Waals surface area contributed by atoms with Crippen molar-refractivity contribution >= 4 is 11.9 Å². The van der Waals surface area contributed by atoms with Crippen molar-refractivity contribution in [1.29, 1.82) is 0 Å². The molecule has 0 radical (unpaired) electrons. The molecule has 0 saturated heterocycles. The minimum absolute atomic E-state index is 0.199. The Morgan fingerprint density at radius 2 is 1.81 bits per heavy atom. The molecule has 7 nitrogen and oxygen atoms in total. The predicted molar refractivity (Wildman–Crippen MR) is 83.8 cm³/mol. The number of nitrogens with one attached hydrogen (secondary N) is 2. The molecule has 0 aliphatic rings. The third-order valence-electron chi connectivity index (χ3n) is 3.08. The van der Waals surface area contributed by atoms with Crippen LogP contribution in [0.25, 0.3) is 0 Å². The van der Waals surface area contributed by atoms with E-state index < -0.39 is 0 Å². The molecule has 21 heavy (non-hydrogen) atoms. The lowest BCUT2D eigenvalue weighted by Crippen LogP contribution is -2.18. The molecule has 1 aromatic rings. The van der Waals surface area contributed by atoms with Crippen molar-refractivity contribution in [2.75, 3.05) is 36.9 Å². The summed E-state index contributed by atoms with van der Waals surface area (Å²) in [5.41, 5.74) is 0. The van der Waals surface area contributed by atoms with E-state index in [0.29, 0.717) is 30.4 Å². The van der Waals surface area contributed by atoms with E-state index in [4.69, 9.17) is 9.84 Å². The molecule has 1 unspecified atom stereocenters. The van der Waals surface area contributed by atoms with Gasteiger partial charge in [-0.05, 0) is 25.7 Å². The highest BCUT2D eigenvalue weighted by atomic mass is 16.5. The summed E-state index contributed by atoms with van der Waals surface area (Å²) in [4.78, 5) is 12.8. The molecule has 0 amide bonds. The minimum atomic E-state index is 0.199. The monoisotopic (exact) mass is 297 g/mol. The van der Waals surface area contributed by atoms with Crippen LogP contribution in [-0.2, 0) is 0 Å². The summed E-state index contributed by atoms with van der Waals surface area (Å²) in [6, 6.07) is 0.323. The van der Waals surface area contributed by atoms with E-state index in [1.807, 2.05) is 6.92 Å². The number of ether oxygens (including phenoxy) is 1. The van der Waals surface area contributed by atoms with Gasteiger partial charge in [0.1, 0.15) is 0 Å². The lowest BCUT2D eigenvalue weighted by atomic mass is 10.0. The molecule has 1 heterocycles. The van der Waals surface area contributed by atoms with Crippen molar-refractivity contribution in [3.63, 3.8) is 0 Å². The molecule has 0 saturated carbocycles. The standard InChI is InChI=1S/C14H27N5O2/c1-4-8-15-12-17-13(19-14(18-12)21-6-3)16-10-11(5-2)7-9-20/h11,20H,4-10H2,1-3H3,(H2,15,16,17,18,19). The molecular weight excluding hydrogens is 270 g/mol. The number of aliphatic hydroxyl groups excluding tert-OH is 1. The van der Waals surface area contributed by atoms with Gasteiger partial charge in [-0.1, -0.05) is 20.3 Å². The Morgan fingerprint density at radius 3 is 2.38 bits per heavy atom. The predicted octanol–water partition coefficient (Wildman–Crippen LogP) is 1.91. The summed E-state index contributed by atoms with van der Waals surface area (Å²) in [7, 11) is 0. The van der Waals surface area contributed by atoms with Gasteiger partial charge in [-0.3, -0.25) is 0 Å². The first-order chi connectivity index (χ1) is 10.2. The second-order valence-corrected chi connectivity index (χ2v) is 4.79. The van der Waals surface area contributed by atoms with Gasteiger partial charge in [-0.15, -0.1) is 0 Å². The lowest BCUT2D eigenvalue weighted by molar-refractivity contribution is 0.258. The van der Waals surface area contributed by atoms with Gasteiger partial charge in [-0.2, -0.15) is 15.0 Å². The summed E-state index contributed by atoms with van der Waals surface area (Å²) >= 11 is 0. The molecule has 0 fully saturated rings. The number of rotatable bonds is 11. The highest BCUT2D eigenvalue weighted by Crippen LogP contribution is 2.13. The fourth-order valence-corrected chi connectivity index (χ4v) is 1.81. The maximum atomic E-state index is 9.02. The van der Waals surface area contributed by atoms with Crippen LogP contribution in [-0.4, -0.2) is 46.4 Å². The average molecular weight is 297 g/mol. The number of hydrogen-bond acceptors (Lipinski definition) is 7. The van der Waals surface area contributed by atoms with Crippen LogP contribution in [0.5, 0.6) is 6.01 Å². The maximum Gasteiger partial charge on any atom is 0.323 e. The number of hydrogen-bond donors (Lipinski definition) is 3. The highest BCUT2D eigenvalue weighted by Gasteiger charge is 2.10. The van der Waals surface area contributed by atoms with E-state index in [1.54, 1.807) is 0 Å². The largest absolute Gasteiger partial charge is 0.464 e. The zero-order valence-electron chi connectivity index (χ0n) is 13.2. The number of aromatic nitrogens is 3. The van der Waals surface area contributed by atoms with Crippen molar-refractivity contribution in [2.24, 2.45) is 5.92 Å². The Morgan fingerprint density at radius 1 is 1.10 bits per heavy atom. The Kier molecular flexibility index (Phi) is 8.42. The topological polar surface area (TPSA) is 92.2 Å². The van der Waals surface area contributed by atoms with Gasteiger partial charge < -0.3 is 20.5 Å². The molecule has 120 valence electrons. The van der Waals surface area contributed by atoms with Gasteiger partial charge in [0, 0.05) is 19.7 Å².